The fourth-order valence-electron chi connectivity index (χ4n) is 2.37. The van der Waals surface area contributed by atoms with Crippen molar-refractivity contribution in [2.24, 2.45) is 5.92 Å². The zero-order chi connectivity index (χ0) is 10.4. The second-order valence-electron chi connectivity index (χ2n) is 4.63. The van der Waals surface area contributed by atoms with Crippen LogP contribution in [0.15, 0.2) is 0 Å². The van der Waals surface area contributed by atoms with Gasteiger partial charge in [0.1, 0.15) is 0 Å². The van der Waals surface area contributed by atoms with Gasteiger partial charge in [-0.2, -0.15) is 0 Å². The van der Waals surface area contributed by atoms with Gasteiger partial charge in [-0.1, -0.05) is 20.3 Å². The minimum atomic E-state index is -0.0203. The van der Waals surface area contributed by atoms with Crippen LogP contribution in [0.1, 0.15) is 52.4 Å². The summed E-state index contributed by atoms with van der Waals surface area (Å²) in [4.78, 5) is 0. The molecule has 0 saturated heterocycles. The lowest BCUT2D eigenvalue weighted by atomic mass is 10.1. The Bertz CT molecular complexity index is 145. The van der Waals surface area contributed by atoms with Crippen molar-refractivity contribution in [2.75, 3.05) is 6.54 Å². The predicted octanol–water partition coefficient (Wildman–Crippen LogP) is 2.32. The molecule has 0 aromatic carbocycles. The molecule has 0 aromatic heterocycles. The molecule has 1 saturated carbocycles. The number of rotatable bonds is 6. The van der Waals surface area contributed by atoms with Gasteiger partial charge in [0, 0.05) is 6.04 Å². The molecule has 1 fully saturated rings. The van der Waals surface area contributed by atoms with Crippen LogP contribution >= 0.6 is 0 Å². The third kappa shape index (κ3) is 3.97. The van der Waals surface area contributed by atoms with Crippen molar-refractivity contribution in [2.45, 2.75) is 64.5 Å². The summed E-state index contributed by atoms with van der Waals surface area (Å²) in [6, 6.07) is 0.692. The van der Waals surface area contributed by atoms with Crippen LogP contribution in [0.2, 0.25) is 0 Å². The molecule has 1 rings (SSSR count). The summed E-state index contributed by atoms with van der Waals surface area (Å²) in [7, 11) is 0. The van der Waals surface area contributed by atoms with Crippen LogP contribution in [-0.2, 0) is 0 Å². The van der Waals surface area contributed by atoms with Gasteiger partial charge in [-0.3, -0.25) is 0 Å². The topological polar surface area (TPSA) is 32.3 Å². The van der Waals surface area contributed by atoms with E-state index in [9.17, 15) is 5.11 Å². The van der Waals surface area contributed by atoms with E-state index < -0.39 is 0 Å². The summed E-state index contributed by atoms with van der Waals surface area (Å²) < 4.78 is 0. The Morgan fingerprint density at radius 2 is 2.14 bits per heavy atom. The summed E-state index contributed by atoms with van der Waals surface area (Å²) in [5, 5.41) is 13.0. The molecular formula is C12H25NO. The molecule has 0 radical (unpaired) electrons. The number of aliphatic hydroxyl groups is 1. The summed E-state index contributed by atoms with van der Waals surface area (Å²) in [5.41, 5.74) is 0. The monoisotopic (exact) mass is 199 g/mol. The molecule has 0 bridgehead atoms. The van der Waals surface area contributed by atoms with Crippen molar-refractivity contribution in [3.05, 3.63) is 0 Å². The first-order valence-electron chi connectivity index (χ1n) is 6.17. The van der Waals surface area contributed by atoms with E-state index in [0.717, 1.165) is 25.3 Å². The molecule has 14 heavy (non-hydrogen) atoms. The van der Waals surface area contributed by atoms with Crippen molar-refractivity contribution in [1.29, 1.82) is 0 Å². The highest BCUT2D eigenvalue weighted by Gasteiger charge is 2.22. The normalized spacial score (nSPS) is 29.4. The van der Waals surface area contributed by atoms with E-state index in [1.165, 1.54) is 25.7 Å². The standard InChI is InChI=1S/C12H25NO/c1-3-5-11(4-2)13-9-10-6-7-12(14)8-10/h10-14H,3-9H2,1-2H3. The van der Waals surface area contributed by atoms with Crippen LogP contribution in [0.25, 0.3) is 0 Å². The Labute approximate surface area is 88.1 Å². The molecule has 2 heteroatoms. The Hall–Kier alpha value is -0.0800. The van der Waals surface area contributed by atoms with Crippen molar-refractivity contribution in [3.8, 4) is 0 Å². The first kappa shape index (κ1) is 12.0. The second kappa shape index (κ2) is 6.41. The van der Waals surface area contributed by atoms with Gasteiger partial charge in [0.05, 0.1) is 6.10 Å². The Kier molecular flexibility index (Phi) is 5.49. The largest absolute Gasteiger partial charge is 0.393 e. The quantitative estimate of drug-likeness (QED) is 0.688. The van der Waals surface area contributed by atoms with E-state index in [0.29, 0.717) is 6.04 Å². The molecule has 0 aliphatic heterocycles. The molecule has 1 aliphatic rings. The van der Waals surface area contributed by atoms with Crippen LogP contribution in [0.5, 0.6) is 0 Å². The van der Waals surface area contributed by atoms with Crippen molar-refractivity contribution in [3.63, 3.8) is 0 Å². The van der Waals surface area contributed by atoms with Crippen LogP contribution in [0.4, 0.5) is 0 Å². The molecule has 2 nitrogen and oxygen atoms in total. The lowest BCUT2D eigenvalue weighted by Gasteiger charge is -2.18. The maximum Gasteiger partial charge on any atom is 0.0543 e. The smallest absolute Gasteiger partial charge is 0.0543 e. The maximum absolute atomic E-state index is 9.40. The third-order valence-corrected chi connectivity index (χ3v) is 3.34. The molecule has 84 valence electrons. The van der Waals surface area contributed by atoms with E-state index in [2.05, 4.69) is 19.2 Å². The molecule has 1 aliphatic carbocycles. The van der Waals surface area contributed by atoms with Crippen molar-refractivity contribution < 1.29 is 5.11 Å². The van der Waals surface area contributed by atoms with E-state index in [-0.39, 0.29) is 6.10 Å². The SMILES string of the molecule is CCCC(CC)NCC1CCC(O)C1. The Morgan fingerprint density at radius 3 is 2.64 bits per heavy atom. The molecule has 0 amide bonds. The summed E-state index contributed by atoms with van der Waals surface area (Å²) in [5.74, 6) is 0.718. The fourth-order valence-corrected chi connectivity index (χ4v) is 2.37. The number of aliphatic hydroxyl groups excluding tert-OH is 1. The summed E-state index contributed by atoms with van der Waals surface area (Å²) in [6.07, 6.45) is 6.98. The molecule has 0 heterocycles. The average Bonchev–Trinajstić information content (AvgIpc) is 2.59. The molecule has 0 spiro atoms. The number of nitrogens with one attached hydrogen (secondary N) is 1. The highest BCUT2D eigenvalue weighted by atomic mass is 16.3. The van der Waals surface area contributed by atoms with E-state index in [1.807, 2.05) is 0 Å². The third-order valence-electron chi connectivity index (χ3n) is 3.34. The molecule has 2 N–H and O–H groups in total. The second-order valence-corrected chi connectivity index (χ2v) is 4.63. The zero-order valence-electron chi connectivity index (χ0n) is 9.63. The Morgan fingerprint density at radius 1 is 1.36 bits per heavy atom. The van der Waals surface area contributed by atoms with Crippen LogP contribution in [-0.4, -0.2) is 23.8 Å². The first-order chi connectivity index (χ1) is 6.76. The molecule has 3 unspecified atom stereocenters. The summed E-state index contributed by atoms with van der Waals surface area (Å²) >= 11 is 0. The van der Waals surface area contributed by atoms with E-state index in [1.54, 1.807) is 0 Å². The first-order valence-corrected chi connectivity index (χ1v) is 6.17. The van der Waals surface area contributed by atoms with Crippen LogP contribution in [0, 0.1) is 5.92 Å². The maximum atomic E-state index is 9.40. The zero-order valence-corrected chi connectivity index (χ0v) is 9.63. The average molecular weight is 199 g/mol. The minimum absolute atomic E-state index is 0.0203. The molecular weight excluding hydrogens is 174 g/mol. The van der Waals surface area contributed by atoms with E-state index >= 15 is 0 Å². The summed E-state index contributed by atoms with van der Waals surface area (Å²) in [6.45, 7) is 5.59. The lowest BCUT2D eigenvalue weighted by Crippen LogP contribution is -2.32. The van der Waals surface area contributed by atoms with Gasteiger partial charge in [-0.05, 0) is 44.6 Å². The lowest BCUT2D eigenvalue weighted by molar-refractivity contribution is 0.177. The van der Waals surface area contributed by atoms with Gasteiger partial charge in [0.25, 0.3) is 0 Å². The molecule has 3 atom stereocenters. The van der Waals surface area contributed by atoms with Crippen molar-refractivity contribution in [1.82, 2.24) is 5.32 Å². The highest BCUT2D eigenvalue weighted by molar-refractivity contribution is 4.77. The van der Waals surface area contributed by atoms with Crippen LogP contribution in [0.3, 0.4) is 0 Å². The number of hydrogen-bond donors (Lipinski definition) is 2. The predicted molar refractivity (Wildman–Crippen MR) is 60.3 cm³/mol. The Balaban J connectivity index is 2.12. The minimum Gasteiger partial charge on any atom is -0.393 e. The van der Waals surface area contributed by atoms with E-state index in [4.69, 9.17) is 0 Å². The fraction of sp³-hybridized carbons (Fsp3) is 1.00. The highest BCUT2D eigenvalue weighted by Crippen LogP contribution is 2.24. The van der Waals surface area contributed by atoms with Crippen molar-refractivity contribution >= 4 is 0 Å². The number of hydrogen-bond acceptors (Lipinski definition) is 2. The van der Waals surface area contributed by atoms with Gasteiger partial charge in [0.15, 0.2) is 0 Å². The van der Waals surface area contributed by atoms with Gasteiger partial charge in [-0.15, -0.1) is 0 Å². The van der Waals surface area contributed by atoms with Gasteiger partial charge in [0.2, 0.25) is 0 Å². The van der Waals surface area contributed by atoms with Gasteiger partial charge < -0.3 is 10.4 Å². The van der Waals surface area contributed by atoms with Gasteiger partial charge >= 0.3 is 0 Å². The van der Waals surface area contributed by atoms with Crippen LogP contribution < -0.4 is 5.32 Å². The molecule has 0 aromatic rings. The van der Waals surface area contributed by atoms with Gasteiger partial charge in [-0.25, -0.2) is 0 Å².